The lowest BCUT2D eigenvalue weighted by Crippen LogP contribution is -2.17. The molecule has 1 aliphatic rings. The first-order valence-electron chi connectivity index (χ1n) is 7.37. The molecule has 0 spiro atoms. The van der Waals surface area contributed by atoms with E-state index >= 15 is 0 Å². The first-order chi connectivity index (χ1) is 12.5. The van der Waals surface area contributed by atoms with Crippen LogP contribution < -0.4 is 14.8 Å². The van der Waals surface area contributed by atoms with Crippen molar-refractivity contribution < 1.29 is 23.9 Å². The van der Waals surface area contributed by atoms with E-state index in [0.717, 1.165) is 16.2 Å². The van der Waals surface area contributed by atoms with Gasteiger partial charge < -0.3 is 9.47 Å². The van der Waals surface area contributed by atoms with Crippen molar-refractivity contribution in [3.05, 3.63) is 63.0 Å². The van der Waals surface area contributed by atoms with Crippen molar-refractivity contribution >= 4 is 50.9 Å². The number of carbonyl (C=O) groups excluding carboxylic acids is 3. The predicted octanol–water partition coefficient (Wildman–Crippen LogP) is 4.00. The number of esters is 1. The van der Waals surface area contributed by atoms with Crippen molar-refractivity contribution in [2.24, 2.45) is 0 Å². The van der Waals surface area contributed by atoms with Gasteiger partial charge >= 0.3 is 5.97 Å². The number of thioether (sulfide) groups is 1. The molecule has 1 saturated heterocycles. The van der Waals surface area contributed by atoms with E-state index in [-0.39, 0.29) is 10.7 Å². The molecule has 0 saturated carbocycles. The zero-order chi connectivity index (χ0) is 18.7. The number of halogens is 1. The Hall–Kier alpha value is -2.58. The maximum atomic E-state index is 12.3. The van der Waals surface area contributed by atoms with Crippen LogP contribution in [0.25, 0.3) is 6.08 Å². The normalized spacial score (nSPS) is 15.1. The topological polar surface area (TPSA) is 81.7 Å². The van der Waals surface area contributed by atoms with Crippen molar-refractivity contribution in [2.75, 3.05) is 7.11 Å². The summed E-state index contributed by atoms with van der Waals surface area (Å²) in [5, 5.41) is 1.78. The fraction of sp³-hybridized carbons (Fsp3) is 0.0556. The molecule has 2 aromatic rings. The number of hydrogen-bond donors (Lipinski definition) is 1. The molecule has 0 aromatic heterocycles. The Labute approximate surface area is 161 Å². The van der Waals surface area contributed by atoms with Crippen molar-refractivity contribution in [1.29, 1.82) is 0 Å². The molecule has 0 aliphatic carbocycles. The molecule has 0 atom stereocenters. The smallest absolute Gasteiger partial charge is 0.343 e. The molecule has 3 rings (SSSR count). The summed E-state index contributed by atoms with van der Waals surface area (Å²) in [7, 11) is 1.45. The SMILES string of the molecule is COc1cc(/C=C2/SC(=O)NC2=O)ccc1OC(=O)c1cccc(Br)c1. The minimum Gasteiger partial charge on any atom is -0.493 e. The van der Waals surface area contributed by atoms with Gasteiger partial charge in [-0.15, -0.1) is 0 Å². The number of benzene rings is 2. The average molecular weight is 434 g/mol. The third-order valence-electron chi connectivity index (χ3n) is 3.39. The Morgan fingerprint density at radius 3 is 2.62 bits per heavy atom. The van der Waals surface area contributed by atoms with Crippen molar-refractivity contribution in [2.45, 2.75) is 0 Å². The Balaban J connectivity index is 1.83. The molecular weight excluding hydrogens is 422 g/mol. The van der Waals surface area contributed by atoms with Gasteiger partial charge in [-0.25, -0.2) is 4.79 Å². The zero-order valence-electron chi connectivity index (χ0n) is 13.4. The summed E-state index contributed by atoms with van der Waals surface area (Å²) in [6, 6.07) is 11.7. The van der Waals surface area contributed by atoms with E-state index in [9.17, 15) is 14.4 Å². The van der Waals surface area contributed by atoms with Gasteiger partial charge in [-0.05, 0) is 53.7 Å². The van der Waals surface area contributed by atoms with Crippen LogP contribution in [-0.2, 0) is 4.79 Å². The highest BCUT2D eigenvalue weighted by atomic mass is 79.9. The van der Waals surface area contributed by atoms with Gasteiger partial charge in [0.05, 0.1) is 17.6 Å². The Kier molecular flexibility index (Phi) is 5.43. The molecule has 1 aliphatic heterocycles. The lowest BCUT2D eigenvalue weighted by atomic mass is 10.2. The Morgan fingerprint density at radius 1 is 1.15 bits per heavy atom. The summed E-state index contributed by atoms with van der Waals surface area (Å²) in [6.07, 6.45) is 1.56. The van der Waals surface area contributed by atoms with Gasteiger partial charge in [-0.2, -0.15) is 0 Å². The van der Waals surface area contributed by atoms with Crippen molar-refractivity contribution in [1.82, 2.24) is 5.32 Å². The monoisotopic (exact) mass is 433 g/mol. The number of rotatable bonds is 4. The van der Waals surface area contributed by atoms with E-state index < -0.39 is 17.1 Å². The summed E-state index contributed by atoms with van der Waals surface area (Å²) in [5.41, 5.74) is 1.03. The average Bonchev–Trinajstić information content (AvgIpc) is 2.93. The van der Waals surface area contributed by atoms with Crippen LogP contribution >= 0.6 is 27.7 Å². The number of ether oxygens (including phenoxy) is 2. The van der Waals surface area contributed by atoms with Crippen LogP contribution in [0.5, 0.6) is 11.5 Å². The molecule has 8 heteroatoms. The second-order valence-corrected chi connectivity index (χ2v) is 7.09. The molecule has 1 fully saturated rings. The third-order valence-corrected chi connectivity index (χ3v) is 4.69. The Morgan fingerprint density at radius 2 is 1.96 bits per heavy atom. The zero-order valence-corrected chi connectivity index (χ0v) is 15.8. The summed E-state index contributed by atoms with van der Waals surface area (Å²) in [5.74, 6) is -0.382. The van der Waals surface area contributed by atoms with Gasteiger partial charge in [0, 0.05) is 4.47 Å². The number of nitrogens with one attached hydrogen (secondary N) is 1. The lowest BCUT2D eigenvalue weighted by Gasteiger charge is -2.10. The van der Waals surface area contributed by atoms with E-state index in [1.807, 2.05) is 6.07 Å². The highest BCUT2D eigenvalue weighted by molar-refractivity contribution is 9.10. The maximum absolute atomic E-state index is 12.3. The number of methoxy groups -OCH3 is 1. The standard InChI is InChI=1S/C18H12BrNO5S/c1-24-14-7-10(8-15-16(21)20-18(23)26-15)5-6-13(14)25-17(22)11-3-2-4-12(19)9-11/h2-9H,1H3,(H,20,21,23)/b15-8+. The van der Waals surface area contributed by atoms with Gasteiger partial charge in [0.1, 0.15) is 0 Å². The maximum Gasteiger partial charge on any atom is 0.343 e. The van der Waals surface area contributed by atoms with Crippen LogP contribution in [-0.4, -0.2) is 24.2 Å². The third kappa shape index (κ3) is 4.14. The van der Waals surface area contributed by atoms with Gasteiger partial charge in [-0.1, -0.05) is 28.1 Å². The van der Waals surface area contributed by atoms with Crippen LogP contribution in [0, 0.1) is 0 Å². The van der Waals surface area contributed by atoms with Gasteiger partial charge in [0.2, 0.25) is 0 Å². The first-order valence-corrected chi connectivity index (χ1v) is 8.98. The van der Waals surface area contributed by atoms with Crippen molar-refractivity contribution in [3.63, 3.8) is 0 Å². The molecule has 132 valence electrons. The second kappa shape index (κ2) is 7.76. The van der Waals surface area contributed by atoms with E-state index in [4.69, 9.17) is 9.47 Å². The Bertz CT molecular complexity index is 941. The summed E-state index contributed by atoms with van der Waals surface area (Å²) >= 11 is 4.13. The van der Waals surface area contributed by atoms with Gasteiger partial charge in [-0.3, -0.25) is 14.9 Å². The van der Waals surface area contributed by atoms with Crippen molar-refractivity contribution in [3.8, 4) is 11.5 Å². The highest BCUT2D eigenvalue weighted by Gasteiger charge is 2.25. The van der Waals surface area contributed by atoms with E-state index in [1.54, 1.807) is 42.5 Å². The van der Waals surface area contributed by atoms with Crippen LogP contribution in [0.4, 0.5) is 4.79 Å². The molecule has 0 radical (unpaired) electrons. The molecule has 6 nitrogen and oxygen atoms in total. The molecule has 0 unspecified atom stereocenters. The van der Waals surface area contributed by atoms with E-state index in [2.05, 4.69) is 21.2 Å². The second-order valence-electron chi connectivity index (χ2n) is 5.16. The minimum atomic E-state index is -0.521. The molecule has 0 bridgehead atoms. The van der Waals surface area contributed by atoms with Gasteiger partial charge in [0.25, 0.3) is 11.1 Å². The van der Waals surface area contributed by atoms with Gasteiger partial charge in [0.15, 0.2) is 11.5 Å². The molecule has 26 heavy (non-hydrogen) atoms. The minimum absolute atomic E-state index is 0.249. The first kappa shape index (κ1) is 18.2. The molecule has 2 aromatic carbocycles. The largest absolute Gasteiger partial charge is 0.493 e. The summed E-state index contributed by atoms with van der Waals surface area (Å²) in [4.78, 5) is 35.4. The van der Waals surface area contributed by atoms with E-state index in [1.165, 1.54) is 7.11 Å². The highest BCUT2D eigenvalue weighted by Crippen LogP contribution is 2.32. The fourth-order valence-corrected chi connectivity index (χ4v) is 3.29. The molecular formula is C18H12BrNO5S. The number of amides is 2. The molecule has 1 heterocycles. The number of imide groups is 1. The van der Waals surface area contributed by atoms with E-state index in [0.29, 0.717) is 16.9 Å². The van der Waals surface area contributed by atoms with Crippen LogP contribution in [0.15, 0.2) is 51.8 Å². The number of carbonyl (C=O) groups is 3. The molecule has 1 N–H and O–H groups in total. The lowest BCUT2D eigenvalue weighted by molar-refractivity contribution is -0.115. The quantitative estimate of drug-likeness (QED) is 0.445. The molecule has 2 amide bonds. The fourth-order valence-electron chi connectivity index (χ4n) is 2.20. The van der Waals surface area contributed by atoms with Crippen LogP contribution in [0.1, 0.15) is 15.9 Å². The number of hydrogen-bond acceptors (Lipinski definition) is 6. The summed E-state index contributed by atoms with van der Waals surface area (Å²) in [6.45, 7) is 0. The van der Waals surface area contributed by atoms with Crippen LogP contribution in [0.3, 0.4) is 0 Å². The predicted molar refractivity (Wildman–Crippen MR) is 101 cm³/mol. The van der Waals surface area contributed by atoms with Crippen LogP contribution in [0.2, 0.25) is 0 Å². The summed E-state index contributed by atoms with van der Waals surface area (Å²) < 4.78 is 11.4.